The van der Waals surface area contributed by atoms with E-state index < -0.39 is 32.5 Å². The second-order valence-corrected chi connectivity index (χ2v) is 8.17. The minimum absolute atomic E-state index is 0.0137. The summed E-state index contributed by atoms with van der Waals surface area (Å²) < 4.78 is 24.3. The van der Waals surface area contributed by atoms with Crippen molar-refractivity contribution < 1.29 is 23.1 Å². The number of carbonyl (C=O) groups excluding carboxylic acids is 1. The number of amides is 1. The number of rotatable bonds is 4. The summed E-state index contributed by atoms with van der Waals surface area (Å²) in [5, 5.41) is 11.9. The van der Waals surface area contributed by atoms with Gasteiger partial charge in [0.25, 0.3) is 0 Å². The van der Waals surface area contributed by atoms with Gasteiger partial charge < -0.3 is 15.3 Å². The van der Waals surface area contributed by atoms with Crippen LogP contribution in [0, 0.1) is 0 Å². The molecule has 2 N–H and O–H groups in total. The highest BCUT2D eigenvalue weighted by Crippen LogP contribution is 2.48. The fourth-order valence-electron chi connectivity index (χ4n) is 2.92. The molecule has 124 valence electrons. The van der Waals surface area contributed by atoms with Crippen molar-refractivity contribution in [2.75, 3.05) is 19.6 Å². The Kier molecular flexibility index (Phi) is 3.89. The number of carboxylic acids is 1. The Balaban J connectivity index is 1.86. The first-order valence-corrected chi connectivity index (χ1v) is 8.92. The van der Waals surface area contributed by atoms with Gasteiger partial charge in [-0.15, -0.1) is 0 Å². The number of carboxylic acid groups (broad SMARTS) is 1. The molecule has 8 heteroatoms. The molecular formula is C15H18N2O5S. The van der Waals surface area contributed by atoms with Gasteiger partial charge in [0.05, 0.1) is 4.90 Å². The molecule has 3 rings (SSSR count). The Morgan fingerprint density at radius 1 is 1.22 bits per heavy atom. The molecule has 1 amide bonds. The summed E-state index contributed by atoms with van der Waals surface area (Å²) in [6, 6.07) is 7.08. The molecule has 1 aliphatic carbocycles. The van der Waals surface area contributed by atoms with Crippen LogP contribution in [0.5, 0.6) is 0 Å². The van der Waals surface area contributed by atoms with E-state index in [1.807, 2.05) is 0 Å². The van der Waals surface area contributed by atoms with Crippen LogP contribution < -0.4 is 5.32 Å². The fraction of sp³-hybridized carbons (Fsp3) is 0.467. The van der Waals surface area contributed by atoms with Crippen molar-refractivity contribution in [1.82, 2.24) is 10.2 Å². The van der Waals surface area contributed by atoms with Gasteiger partial charge in [-0.25, -0.2) is 8.42 Å². The van der Waals surface area contributed by atoms with Crippen molar-refractivity contribution in [2.24, 2.45) is 0 Å². The molecule has 1 aromatic rings. The molecule has 1 saturated heterocycles. The van der Waals surface area contributed by atoms with E-state index in [0.29, 0.717) is 13.1 Å². The number of carbonyl (C=O) groups is 2. The van der Waals surface area contributed by atoms with Crippen LogP contribution in [0.2, 0.25) is 0 Å². The van der Waals surface area contributed by atoms with Gasteiger partial charge in [-0.1, -0.05) is 18.2 Å². The lowest BCUT2D eigenvalue weighted by molar-refractivity contribution is -0.142. The lowest BCUT2D eigenvalue weighted by Gasteiger charge is -2.34. The van der Waals surface area contributed by atoms with Crippen molar-refractivity contribution in [3.8, 4) is 0 Å². The van der Waals surface area contributed by atoms with Crippen molar-refractivity contribution in [3.63, 3.8) is 0 Å². The zero-order valence-corrected chi connectivity index (χ0v) is 13.3. The molecule has 0 bridgehead atoms. The third-order valence-electron chi connectivity index (χ3n) is 4.42. The van der Waals surface area contributed by atoms with Gasteiger partial charge in [0.1, 0.15) is 6.04 Å². The molecule has 0 spiro atoms. The van der Waals surface area contributed by atoms with Crippen molar-refractivity contribution in [3.05, 3.63) is 30.3 Å². The SMILES string of the molecule is O=C(O)C1CN(C(=O)C2(S(=O)(=O)c3ccccc3)CC2)CCN1. The van der Waals surface area contributed by atoms with Crippen molar-refractivity contribution in [1.29, 1.82) is 0 Å². The molecule has 2 aliphatic rings. The Bertz CT molecular complexity index is 727. The van der Waals surface area contributed by atoms with Gasteiger partial charge in [0.2, 0.25) is 5.91 Å². The van der Waals surface area contributed by atoms with E-state index in [4.69, 9.17) is 5.11 Å². The van der Waals surface area contributed by atoms with Gasteiger partial charge >= 0.3 is 5.97 Å². The van der Waals surface area contributed by atoms with Gasteiger partial charge in [-0.3, -0.25) is 9.59 Å². The number of hydrogen-bond acceptors (Lipinski definition) is 5. The molecule has 2 fully saturated rings. The van der Waals surface area contributed by atoms with E-state index in [1.54, 1.807) is 18.2 Å². The van der Waals surface area contributed by atoms with Crippen molar-refractivity contribution in [2.45, 2.75) is 28.5 Å². The third-order valence-corrected chi connectivity index (χ3v) is 6.93. The van der Waals surface area contributed by atoms with E-state index in [0.717, 1.165) is 0 Å². The highest BCUT2D eigenvalue weighted by Gasteiger charge is 2.62. The Morgan fingerprint density at radius 2 is 1.87 bits per heavy atom. The average Bonchev–Trinajstić information content (AvgIpc) is 3.37. The summed E-state index contributed by atoms with van der Waals surface area (Å²) >= 11 is 0. The molecule has 1 aromatic carbocycles. The second kappa shape index (κ2) is 5.61. The topological polar surface area (TPSA) is 104 Å². The van der Waals surface area contributed by atoms with Gasteiger partial charge in [0, 0.05) is 19.6 Å². The first kappa shape index (κ1) is 15.9. The molecular weight excluding hydrogens is 320 g/mol. The molecule has 23 heavy (non-hydrogen) atoms. The van der Waals surface area contributed by atoms with Crippen LogP contribution in [0.15, 0.2) is 35.2 Å². The molecule has 0 aromatic heterocycles. The molecule has 1 saturated carbocycles. The maximum absolute atomic E-state index is 12.8. The van der Waals surface area contributed by atoms with E-state index in [-0.39, 0.29) is 24.3 Å². The smallest absolute Gasteiger partial charge is 0.322 e. The van der Waals surface area contributed by atoms with E-state index in [1.165, 1.54) is 17.0 Å². The standard InChI is InChI=1S/C15H18N2O5S/c18-13(19)12-10-17(9-8-16-12)14(20)15(6-7-15)23(21,22)11-4-2-1-3-5-11/h1-5,12,16H,6-10H2,(H,18,19). The van der Waals surface area contributed by atoms with Crippen LogP contribution in [0.3, 0.4) is 0 Å². The molecule has 1 atom stereocenters. The average molecular weight is 338 g/mol. The lowest BCUT2D eigenvalue weighted by Crippen LogP contribution is -2.58. The fourth-order valence-corrected chi connectivity index (χ4v) is 4.89. The van der Waals surface area contributed by atoms with Gasteiger partial charge in [-0.2, -0.15) is 0 Å². The van der Waals surface area contributed by atoms with Crippen LogP contribution in [-0.4, -0.2) is 60.7 Å². The third kappa shape index (κ3) is 2.61. The number of nitrogens with zero attached hydrogens (tertiary/aromatic N) is 1. The molecule has 1 aliphatic heterocycles. The van der Waals surface area contributed by atoms with Crippen LogP contribution in [0.25, 0.3) is 0 Å². The normalized spacial score (nSPS) is 23.3. The molecule has 0 radical (unpaired) electrons. The summed E-state index contributed by atoms with van der Waals surface area (Å²) in [6.45, 7) is 0.638. The lowest BCUT2D eigenvalue weighted by atomic mass is 10.2. The minimum Gasteiger partial charge on any atom is -0.480 e. The predicted molar refractivity (Wildman–Crippen MR) is 81.6 cm³/mol. The number of piperazine rings is 1. The summed E-state index contributed by atoms with van der Waals surface area (Å²) in [7, 11) is -3.77. The predicted octanol–water partition coefficient (Wildman–Crippen LogP) is -0.122. The molecule has 1 heterocycles. The summed E-state index contributed by atoms with van der Waals surface area (Å²) in [5.74, 6) is -1.52. The minimum atomic E-state index is -3.77. The highest BCUT2D eigenvalue weighted by atomic mass is 32.2. The maximum Gasteiger partial charge on any atom is 0.322 e. The number of benzene rings is 1. The van der Waals surface area contributed by atoms with Crippen LogP contribution in [0.1, 0.15) is 12.8 Å². The Hall–Kier alpha value is -1.93. The van der Waals surface area contributed by atoms with Gasteiger partial charge in [0.15, 0.2) is 14.6 Å². The largest absolute Gasteiger partial charge is 0.480 e. The van der Waals surface area contributed by atoms with Crippen LogP contribution in [-0.2, 0) is 19.4 Å². The van der Waals surface area contributed by atoms with Crippen LogP contribution in [0.4, 0.5) is 0 Å². The van der Waals surface area contributed by atoms with Crippen molar-refractivity contribution >= 4 is 21.7 Å². The molecule has 7 nitrogen and oxygen atoms in total. The Morgan fingerprint density at radius 3 is 2.43 bits per heavy atom. The quantitative estimate of drug-likeness (QED) is 0.793. The molecule has 1 unspecified atom stereocenters. The summed E-state index contributed by atoms with van der Waals surface area (Å²) in [5.41, 5.74) is 0. The summed E-state index contributed by atoms with van der Waals surface area (Å²) in [4.78, 5) is 25.4. The van der Waals surface area contributed by atoms with E-state index >= 15 is 0 Å². The van der Waals surface area contributed by atoms with Crippen LogP contribution >= 0.6 is 0 Å². The monoisotopic (exact) mass is 338 g/mol. The number of hydrogen-bond donors (Lipinski definition) is 2. The first-order valence-electron chi connectivity index (χ1n) is 7.44. The van der Waals surface area contributed by atoms with E-state index in [9.17, 15) is 18.0 Å². The first-order chi connectivity index (χ1) is 10.9. The second-order valence-electron chi connectivity index (χ2n) is 5.91. The maximum atomic E-state index is 12.8. The number of sulfone groups is 1. The van der Waals surface area contributed by atoms with E-state index in [2.05, 4.69) is 5.32 Å². The zero-order chi connectivity index (χ0) is 16.7. The summed E-state index contributed by atoms with van der Waals surface area (Å²) in [6.07, 6.45) is 0.565. The highest BCUT2D eigenvalue weighted by molar-refractivity contribution is 7.94. The number of aliphatic carboxylic acids is 1. The number of nitrogens with one attached hydrogen (secondary N) is 1. The van der Waals surface area contributed by atoms with Gasteiger partial charge in [-0.05, 0) is 25.0 Å². The Labute approximate surface area is 134 Å². The zero-order valence-electron chi connectivity index (χ0n) is 12.4.